The molecule has 0 aliphatic rings. The van der Waals surface area contributed by atoms with Gasteiger partial charge in [-0.15, -0.1) is 0 Å². The highest BCUT2D eigenvalue weighted by molar-refractivity contribution is 5.98. The number of nitrogens with two attached hydrogens (primary N) is 5. The number of nitrogens with zero attached hydrogens (tertiary/aromatic N) is 2. The van der Waals surface area contributed by atoms with Gasteiger partial charge < -0.3 is 70.4 Å². The highest BCUT2D eigenvalue weighted by atomic mass is 16.4. The zero-order valence-electron chi connectivity index (χ0n) is 32.8. The fraction of sp³-hybridized carbons (Fsp3) is 0.395. The zero-order chi connectivity index (χ0) is 44.2. The first-order valence-electron chi connectivity index (χ1n) is 18.9. The molecule has 3 aromatic rings. The lowest BCUT2D eigenvalue weighted by molar-refractivity contribution is -0.141. The second-order valence-corrected chi connectivity index (χ2v) is 13.7. The molecule has 22 heteroatoms. The number of hydrogen-bond donors (Lipinski definition) is 13. The van der Waals surface area contributed by atoms with E-state index < -0.39 is 84.6 Å². The predicted octanol–water partition coefficient (Wildman–Crippen LogP) is -3.00. The van der Waals surface area contributed by atoms with Gasteiger partial charge in [-0.25, -0.2) is 0 Å². The lowest BCUT2D eigenvalue weighted by Gasteiger charge is -2.26. The van der Waals surface area contributed by atoms with Crippen molar-refractivity contribution in [1.29, 1.82) is 0 Å². The number of aromatic amines is 1. The normalized spacial score (nSPS) is 13.3. The summed E-state index contributed by atoms with van der Waals surface area (Å²) in [5, 5.41) is 31.9. The predicted molar refractivity (Wildman–Crippen MR) is 221 cm³/mol. The molecule has 0 spiro atoms. The molecule has 5 atom stereocenters. The van der Waals surface area contributed by atoms with Crippen LogP contribution in [-0.4, -0.2) is 118 Å². The number of para-hydroxylation sites is 1. The van der Waals surface area contributed by atoms with Gasteiger partial charge >= 0.3 is 11.9 Å². The Kier molecular flexibility index (Phi) is 18.8. The maximum absolute atomic E-state index is 14.0. The molecule has 0 unspecified atom stereocenters. The molecule has 0 saturated carbocycles. The number of aliphatic imine (C=N–C) groups is 2. The van der Waals surface area contributed by atoms with Gasteiger partial charge in [-0.3, -0.25) is 43.5 Å². The molecule has 0 saturated heterocycles. The molecule has 0 aliphatic carbocycles. The quantitative estimate of drug-likeness (QED) is 0.0230. The third kappa shape index (κ3) is 16.3. The molecule has 0 fully saturated rings. The molecule has 3 rings (SSSR count). The van der Waals surface area contributed by atoms with E-state index in [1.54, 1.807) is 54.7 Å². The summed E-state index contributed by atoms with van der Waals surface area (Å²) in [5.41, 5.74) is 29.7. The summed E-state index contributed by atoms with van der Waals surface area (Å²) in [6.07, 6.45) is 1.02. The average Bonchev–Trinajstić information content (AvgIpc) is 3.61. The number of benzene rings is 2. The van der Waals surface area contributed by atoms with Crippen LogP contribution in [0.15, 0.2) is 70.8 Å². The van der Waals surface area contributed by atoms with Crippen LogP contribution in [0.2, 0.25) is 0 Å². The Balaban J connectivity index is 1.89. The van der Waals surface area contributed by atoms with Crippen molar-refractivity contribution in [3.63, 3.8) is 0 Å². The van der Waals surface area contributed by atoms with Gasteiger partial charge in [0, 0.05) is 43.0 Å². The van der Waals surface area contributed by atoms with Gasteiger partial charge in [0.05, 0.1) is 12.5 Å². The first-order valence-corrected chi connectivity index (χ1v) is 18.9. The van der Waals surface area contributed by atoms with Crippen LogP contribution in [0.25, 0.3) is 10.9 Å². The second kappa shape index (κ2) is 23.9. The minimum atomic E-state index is -1.78. The van der Waals surface area contributed by atoms with E-state index in [1.807, 2.05) is 6.07 Å². The molecule has 0 bridgehead atoms. The molecule has 5 amide bonds. The summed E-state index contributed by atoms with van der Waals surface area (Å²) in [7, 11) is 0. The molecule has 22 nitrogen and oxygen atoms in total. The average molecular weight is 836 g/mol. The lowest BCUT2D eigenvalue weighted by Crippen LogP contribution is -2.59. The monoisotopic (exact) mass is 835 g/mol. The van der Waals surface area contributed by atoms with E-state index in [2.05, 4.69) is 41.6 Å². The van der Waals surface area contributed by atoms with Crippen LogP contribution in [0.5, 0.6) is 0 Å². The first-order chi connectivity index (χ1) is 28.5. The topological polar surface area (TPSA) is 391 Å². The van der Waals surface area contributed by atoms with Crippen LogP contribution in [0, 0.1) is 0 Å². The summed E-state index contributed by atoms with van der Waals surface area (Å²) >= 11 is 0. The van der Waals surface area contributed by atoms with Crippen molar-refractivity contribution in [2.24, 2.45) is 38.7 Å². The van der Waals surface area contributed by atoms with E-state index in [4.69, 9.17) is 33.8 Å². The number of hydrogen-bond acceptors (Lipinski definition) is 10. The third-order valence-corrected chi connectivity index (χ3v) is 8.96. The van der Waals surface area contributed by atoms with Gasteiger partial charge in [0.1, 0.15) is 30.7 Å². The van der Waals surface area contributed by atoms with Crippen molar-refractivity contribution in [3.8, 4) is 0 Å². The van der Waals surface area contributed by atoms with Crippen LogP contribution in [0.1, 0.15) is 43.2 Å². The van der Waals surface area contributed by atoms with Gasteiger partial charge in [0.25, 0.3) is 0 Å². The smallest absolute Gasteiger partial charge is 0.322 e. The molecule has 0 radical (unpaired) electrons. The summed E-state index contributed by atoms with van der Waals surface area (Å²) in [4.78, 5) is 102. The van der Waals surface area contributed by atoms with E-state index >= 15 is 0 Å². The van der Waals surface area contributed by atoms with Crippen molar-refractivity contribution in [2.75, 3.05) is 19.6 Å². The van der Waals surface area contributed by atoms with Crippen LogP contribution >= 0.6 is 0 Å². The fourth-order valence-corrected chi connectivity index (χ4v) is 5.98. The maximum Gasteiger partial charge on any atom is 0.322 e. The van der Waals surface area contributed by atoms with Crippen molar-refractivity contribution in [1.82, 2.24) is 31.6 Å². The Labute approximate surface area is 344 Å². The largest absolute Gasteiger partial charge is 0.481 e. The van der Waals surface area contributed by atoms with Crippen LogP contribution < -0.4 is 55.3 Å². The highest BCUT2D eigenvalue weighted by Crippen LogP contribution is 2.19. The SMILES string of the molecule is NC(N)=NCCC[C@H](NC(=O)[C@H](CC(=O)O)NC(=O)[C@H](Cc1c[nH]c2ccccc12)NC(=O)[C@@H](N)CCCN=C(N)N)C(=O)N[C@@H](Cc1ccccc1)C(=O)NCC(=O)O. The van der Waals surface area contributed by atoms with Crippen molar-refractivity contribution < 1.29 is 43.8 Å². The molecule has 60 heavy (non-hydrogen) atoms. The number of carbonyl (C=O) groups is 7. The zero-order valence-corrected chi connectivity index (χ0v) is 32.8. The fourth-order valence-electron chi connectivity index (χ4n) is 5.98. The lowest BCUT2D eigenvalue weighted by atomic mass is 10.0. The Morgan fingerprint density at radius 1 is 0.617 bits per heavy atom. The standard InChI is InChI=1S/C38H53N13O9/c39-24(11-6-14-44-37(40)41)32(56)49-28(17-22-19-46-25-12-5-4-10-23(22)25)35(59)51-29(18-30(52)53)36(60)48-26(13-7-15-45-38(42)43)34(58)50-27(33(57)47-20-31(54)55)16-21-8-2-1-3-9-21/h1-5,8-10,12,19,24,26-29,46H,6-7,11,13-18,20,39H2,(H,47,57)(H,48,60)(H,49,56)(H,50,58)(H,51,59)(H,52,53)(H,54,55)(H4,40,41,44)(H4,42,43,45)/t24-,26-,27-,28-,29-/m0/s1. The summed E-state index contributed by atoms with van der Waals surface area (Å²) in [6.45, 7) is -0.509. The molecular weight excluding hydrogens is 782 g/mol. The number of rotatable bonds is 25. The highest BCUT2D eigenvalue weighted by Gasteiger charge is 2.33. The van der Waals surface area contributed by atoms with Gasteiger partial charge in [-0.05, 0) is 42.9 Å². The third-order valence-electron chi connectivity index (χ3n) is 8.96. The number of aliphatic carboxylic acids is 2. The van der Waals surface area contributed by atoms with Gasteiger partial charge in [0.2, 0.25) is 29.5 Å². The van der Waals surface area contributed by atoms with Crippen molar-refractivity contribution in [3.05, 3.63) is 71.9 Å². The van der Waals surface area contributed by atoms with E-state index in [-0.39, 0.29) is 57.1 Å². The number of fused-ring (bicyclic) bond motifs is 1. The number of guanidine groups is 2. The van der Waals surface area contributed by atoms with Gasteiger partial charge in [-0.2, -0.15) is 0 Å². The van der Waals surface area contributed by atoms with Crippen LogP contribution in [0.4, 0.5) is 0 Å². The number of aromatic nitrogens is 1. The van der Waals surface area contributed by atoms with Gasteiger partial charge in [-0.1, -0.05) is 48.5 Å². The molecule has 324 valence electrons. The van der Waals surface area contributed by atoms with Crippen LogP contribution in [-0.2, 0) is 46.4 Å². The minimum absolute atomic E-state index is 0.0233. The van der Waals surface area contributed by atoms with Crippen LogP contribution in [0.3, 0.4) is 0 Å². The van der Waals surface area contributed by atoms with Gasteiger partial charge in [0.15, 0.2) is 11.9 Å². The second-order valence-electron chi connectivity index (χ2n) is 13.7. The first kappa shape index (κ1) is 47.1. The number of carbonyl (C=O) groups excluding carboxylic acids is 5. The summed E-state index contributed by atoms with van der Waals surface area (Å²) in [6, 6.07) is 8.72. The molecule has 1 aromatic heterocycles. The summed E-state index contributed by atoms with van der Waals surface area (Å²) in [5.74, 6) is -7.62. The number of nitrogens with one attached hydrogen (secondary N) is 6. The molecule has 1 heterocycles. The van der Waals surface area contributed by atoms with Crippen molar-refractivity contribution in [2.45, 2.75) is 75.2 Å². The van der Waals surface area contributed by atoms with E-state index in [0.717, 1.165) is 10.9 Å². The minimum Gasteiger partial charge on any atom is -0.481 e. The maximum atomic E-state index is 14.0. The molecule has 18 N–H and O–H groups in total. The Bertz CT molecular complexity index is 2010. The molecular formula is C38H53N13O9. The van der Waals surface area contributed by atoms with E-state index in [9.17, 15) is 38.7 Å². The number of carboxylic acid groups (broad SMARTS) is 2. The van der Waals surface area contributed by atoms with Crippen molar-refractivity contribution >= 4 is 64.3 Å². The number of carboxylic acids is 2. The van der Waals surface area contributed by atoms with E-state index in [0.29, 0.717) is 17.5 Å². The Morgan fingerprint density at radius 3 is 1.78 bits per heavy atom. The number of H-pyrrole nitrogens is 1. The summed E-state index contributed by atoms with van der Waals surface area (Å²) < 4.78 is 0. The number of amides is 5. The Morgan fingerprint density at radius 2 is 1.15 bits per heavy atom. The Hall–Kier alpha value is -7.23. The molecule has 2 aromatic carbocycles. The molecule has 0 aliphatic heterocycles. The van der Waals surface area contributed by atoms with E-state index in [1.165, 1.54) is 0 Å².